The molecule has 0 spiro atoms. The van der Waals surface area contributed by atoms with Crippen LogP contribution in [0, 0.1) is 6.92 Å². The lowest BCUT2D eigenvalue weighted by Gasteiger charge is -2.14. The van der Waals surface area contributed by atoms with Crippen molar-refractivity contribution in [2.45, 2.75) is 18.0 Å². The van der Waals surface area contributed by atoms with E-state index in [9.17, 15) is 31.2 Å². The number of benzene rings is 2. The highest BCUT2D eigenvalue weighted by atomic mass is 32.2. The van der Waals surface area contributed by atoms with Crippen LogP contribution in [0.25, 0.3) is 0 Å². The number of carbonyl (C=O) groups excluding carboxylic acids is 2. The van der Waals surface area contributed by atoms with Crippen molar-refractivity contribution in [3.05, 3.63) is 83.7 Å². The van der Waals surface area contributed by atoms with Gasteiger partial charge in [0, 0.05) is 23.6 Å². The van der Waals surface area contributed by atoms with Crippen LogP contribution >= 0.6 is 0 Å². The molecular formula is C22H19F3N4O4S. The zero-order valence-corrected chi connectivity index (χ0v) is 18.5. The number of alkyl halides is 3. The maximum atomic E-state index is 12.9. The van der Waals surface area contributed by atoms with Gasteiger partial charge in [0.2, 0.25) is 10.0 Å². The maximum absolute atomic E-state index is 12.9. The second kappa shape index (κ2) is 10.0. The molecule has 0 aliphatic carbocycles. The molecule has 3 aromatic rings. The molecule has 8 nitrogen and oxygen atoms in total. The molecule has 0 aliphatic heterocycles. The molecule has 0 fully saturated rings. The smallest absolute Gasteiger partial charge is 0.322 e. The van der Waals surface area contributed by atoms with Gasteiger partial charge in [0.1, 0.15) is 6.54 Å². The third kappa shape index (κ3) is 6.39. The van der Waals surface area contributed by atoms with Gasteiger partial charge in [-0.25, -0.2) is 13.1 Å². The number of nitrogens with zero attached hydrogens (tertiary/aromatic N) is 1. The minimum atomic E-state index is -4.70. The number of hydrogen-bond donors (Lipinski definition) is 3. The number of aryl methyl sites for hydroxylation is 1. The van der Waals surface area contributed by atoms with Crippen molar-refractivity contribution >= 4 is 33.2 Å². The predicted octanol–water partition coefficient (Wildman–Crippen LogP) is 3.74. The van der Waals surface area contributed by atoms with E-state index in [1.807, 2.05) is 0 Å². The topological polar surface area (TPSA) is 117 Å². The molecule has 1 aromatic heterocycles. The lowest BCUT2D eigenvalue weighted by Crippen LogP contribution is -2.33. The van der Waals surface area contributed by atoms with Crippen LogP contribution in [-0.4, -0.2) is 37.9 Å². The molecule has 0 bridgehead atoms. The summed E-state index contributed by atoms with van der Waals surface area (Å²) in [6, 6.07) is 12.5. The summed E-state index contributed by atoms with van der Waals surface area (Å²) in [6.45, 7) is 0.0156. The van der Waals surface area contributed by atoms with E-state index < -0.39 is 39.5 Å². The summed E-state index contributed by atoms with van der Waals surface area (Å²) >= 11 is 0. The van der Waals surface area contributed by atoms with Crippen LogP contribution in [-0.2, 0) is 10.0 Å². The van der Waals surface area contributed by atoms with Crippen LogP contribution < -0.4 is 15.4 Å². The first kappa shape index (κ1) is 24.9. The maximum Gasteiger partial charge on any atom is 0.402 e. The van der Waals surface area contributed by atoms with Gasteiger partial charge in [0.25, 0.3) is 11.8 Å². The van der Waals surface area contributed by atoms with E-state index >= 15 is 0 Å². The van der Waals surface area contributed by atoms with Crippen molar-refractivity contribution in [3.63, 3.8) is 0 Å². The number of amides is 2. The van der Waals surface area contributed by atoms with E-state index in [0.29, 0.717) is 11.1 Å². The van der Waals surface area contributed by atoms with Gasteiger partial charge in [-0.3, -0.25) is 14.6 Å². The van der Waals surface area contributed by atoms with Gasteiger partial charge < -0.3 is 10.6 Å². The average molecular weight is 492 g/mol. The van der Waals surface area contributed by atoms with Crippen molar-refractivity contribution in [2.24, 2.45) is 0 Å². The number of pyridine rings is 1. The molecule has 1 heterocycles. The molecule has 0 saturated carbocycles. The minimum Gasteiger partial charge on any atom is -0.322 e. The number of anilines is 2. The zero-order valence-electron chi connectivity index (χ0n) is 17.7. The van der Waals surface area contributed by atoms with Gasteiger partial charge in [0.15, 0.2) is 0 Å². The van der Waals surface area contributed by atoms with Crippen LogP contribution in [0.2, 0.25) is 0 Å². The molecule has 0 atom stereocenters. The second-order valence-electron chi connectivity index (χ2n) is 7.11. The average Bonchev–Trinajstić information content (AvgIpc) is 2.79. The molecule has 178 valence electrons. The van der Waals surface area contributed by atoms with Crippen molar-refractivity contribution in [1.29, 1.82) is 0 Å². The highest BCUT2D eigenvalue weighted by Crippen LogP contribution is 2.23. The highest BCUT2D eigenvalue weighted by molar-refractivity contribution is 7.89. The molecule has 2 amide bonds. The number of aromatic nitrogens is 1. The summed E-state index contributed by atoms with van der Waals surface area (Å²) in [5.74, 6) is -1.02. The second-order valence-corrected chi connectivity index (χ2v) is 8.87. The largest absolute Gasteiger partial charge is 0.402 e. The fourth-order valence-corrected chi connectivity index (χ4v) is 3.90. The zero-order chi connectivity index (χ0) is 24.9. The van der Waals surface area contributed by atoms with E-state index in [4.69, 9.17) is 0 Å². The Bertz CT molecular complexity index is 1300. The van der Waals surface area contributed by atoms with Crippen LogP contribution in [0.15, 0.2) is 71.9 Å². The van der Waals surface area contributed by atoms with Crippen LogP contribution in [0.5, 0.6) is 0 Å². The first-order valence-electron chi connectivity index (χ1n) is 9.75. The lowest BCUT2D eigenvalue weighted by atomic mass is 10.1. The summed E-state index contributed by atoms with van der Waals surface area (Å²) in [4.78, 5) is 28.9. The monoisotopic (exact) mass is 492 g/mol. The summed E-state index contributed by atoms with van der Waals surface area (Å²) in [5, 5.41) is 5.29. The molecule has 34 heavy (non-hydrogen) atoms. The molecule has 0 unspecified atom stereocenters. The third-order valence-corrected chi connectivity index (χ3v) is 6.00. The standard InChI is InChI=1S/C22H19F3N4O4S/c1-14-3-2-4-18(19(14)29-20(30)15-9-11-26-12-10-15)21(31)28-16-5-7-17(8-6-16)34(32,33)27-13-22(23,24)25/h2-12,27H,13H2,1H3,(H,28,31)(H,29,30). The third-order valence-electron chi connectivity index (χ3n) is 4.58. The van der Waals surface area contributed by atoms with E-state index in [1.54, 1.807) is 19.1 Å². The summed E-state index contributed by atoms with van der Waals surface area (Å²) in [7, 11) is -4.38. The first-order chi connectivity index (χ1) is 16.0. The van der Waals surface area contributed by atoms with E-state index in [0.717, 1.165) is 12.1 Å². The molecule has 12 heteroatoms. The van der Waals surface area contributed by atoms with Gasteiger partial charge in [-0.05, 0) is 55.0 Å². The van der Waals surface area contributed by atoms with E-state index in [-0.39, 0.29) is 16.9 Å². The number of sulfonamides is 1. The molecule has 0 saturated heterocycles. The Morgan fingerprint density at radius 3 is 2.18 bits per heavy atom. The number of nitrogens with one attached hydrogen (secondary N) is 3. The van der Waals surface area contributed by atoms with Gasteiger partial charge in [-0.15, -0.1) is 0 Å². The fourth-order valence-electron chi connectivity index (χ4n) is 2.89. The molecule has 0 radical (unpaired) electrons. The highest BCUT2D eigenvalue weighted by Gasteiger charge is 2.30. The van der Waals surface area contributed by atoms with Crippen molar-refractivity contribution in [3.8, 4) is 0 Å². The van der Waals surface area contributed by atoms with Crippen molar-refractivity contribution < 1.29 is 31.2 Å². The Hall–Kier alpha value is -3.77. The normalized spacial score (nSPS) is 11.6. The molecule has 3 N–H and O–H groups in total. The minimum absolute atomic E-state index is 0.158. The number of hydrogen-bond acceptors (Lipinski definition) is 5. The van der Waals surface area contributed by atoms with Crippen molar-refractivity contribution in [1.82, 2.24) is 9.71 Å². The van der Waals surface area contributed by atoms with Gasteiger partial charge >= 0.3 is 6.18 Å². The summed E-state index contributed by atoms with van der Waals surface area (Å²) in [5.41, 5.74) is 1.63. The molecule has 2 aromatic carbocycles. The summed E-state index contributed by atoms with van der Waals surface area (Å²) < 4.78 is 62.4. The van der Waals surface area contributed by atoms with Crippen molar-refractivity contribution in [2.75, 3.05) is 17.2 Å². The Balaban J connectivity index is 1.76. The molecule has 0 aliphatic rings. The molecular weight excluding hydrogens is 473 g/mol. The number of halogens is 3. The SMILES string of the molecule is Cc1cccc(C(=O)Nc2ccc(S(=O)(=O)NCC(F)(F)F)cc2)c1NC(=O)c1ccncc1. The number of para-hydroxylation sites is 1. The summed E-state index contributed by atoms with van der Waals surface area (Å²) in [6.07, 6.45) is -1.77. The Labute approximate surface area is 193 Å². The quantitative estimate of drug-likeness (QED) is 0.465. The van der Waals surface area contributed by atoms with Gasteiger partial charge in [-0.2, -0.15) is 13.2 Å². The van der Waals surface area contributed by atoms with Gasteiger partial charge in [0.05, 0.1) is 16.1 Å². The van der Waals surface area contributed by atoms with Gasteiger partial charge in [-0.1, -0.05) is 12.1 Å². The van der Waals surface area contributed by atoms with E-state index in [2.05, 4.69) is 15.6 Å². The Morgan fingerprint density at radius 2 is 1.56 bits per heavy atom. The number of carbonyl (C=O) groups is 2. The van der Waals surface area contributed by atoms with Crippen LogP contribution in [0.4, 0.5) is 24.5 Å². The lowest BCUT2D eigenvalue weighted by molar-refractivity contribution is -0.121. The number of rotatable bonds is 7. The predicted molar refractivity (Wildman–Crippen MR) is 119 cm³/mol. The van der Waals surface area contributed by atoms with Crippen LogP contribution in [0.1, 0.15) is 26.3 Å². The Morgan fingerprint density at radius 1 is 0.912 bits per heavy atom. The van der Waals surface area contributed by atoms with Crippen LogP contribution in [0.3, 0.4) is 0 Å². The fraction of sp³-hybridized carbons (Fsp3) is 0.136. The first-order valence-corrected chi connectivity index (χ1v) is 11.2. The Kier molecular flexibility index (Phi) is 7.32. The molecule has 3 rings (SSSR count). The van der Waals surface area contributed by atoms with E-state index in [1.165, 1.54) is 47.4 Å².